The van der Waals surface area contributed by atoms with E-state index in [1.807, 2.05) is 6.92 Å². The van der Waals surface area contributed by atoms with Gasteiger partial charge in [0.05, 0.1) is 18.5 Å². The van der Waals surface area contributed by atoms with Gasteiger partial charge in [0.2, 0.25) is 5.91 Å². The van der Waals surface area contributed by atoms with Crippen LogP contribution in [-0.2, 0) is 9.59 Å². The molecule has 2 amide bonds. The summed E-state index contributed by atoms with van der Waals surface area (Å²) in [7, 11) is 0. The molecule has 6 atom stereocenters. The summed E-state index contributed by atoms with van der Waals surface area (Å²) >= 11 is 6.20. The van der Waals surface area contributed by atoms with Gasteiger partial charge in [0, 0.05) is 25.7 Å². The van der Waals surface area contributed by atoms with Crippen molar-refractivity contribution in [2.45, 2.75) is 56.0 Å². The van der Waals surface area contributed by atoms with Crippen molar-refractivity contribution in [3.05, 3.63) is 0 Å². The molecule has 3 rings (SSSR count). The molecule has 3 aliphatic rings. The van der Waals surface area contributed by atoms with Crippen molar-refractivity contribution >= 4 is 23.4 Å². The van der Waals surface area contributed by atoms with Crippen molar-refractivity contribution in [2.75, 3.05) is 26.2 Å². The van der Waals surface area contributed by atoms with E-state index in [1.165, 1.54) is 4.90 Å². The summed E-state index contributed by atoms with van der Waals surface area (Å²) in [5.74, 6) is -3.18. The molecule has 0 aromatic carbocycles. The minimum absolute atomic E-state index is 0.0116. The maximum atomic E-state index is 13.5. The fourth-order valence-corrected chi connectivity index (χ4v) is 4.94. The molecule has 0 aromatic rings. The Morgan fingerprint density at radius 2 is 1.93 bits per heavy atom. The summed E-state index contributed by atoms with van der Waals surface area (Å²) in [4.78, 5) is 27.6. The molecule has 2 saturated heterocycles. The second kappa shape index (κ2) is 8.31. The third-order valence-corrected chi connectivity index (χ3v) is 6.52. The zero-order valence-corrected chi connectivity index (χ0v) is 16.3. The van der Waals surface area contributed by atoms with Crippen molar-refractivity contribution in [3.63, 3.8) is 0 Å². The van der Waals surface area contributed by atoms with Crippen molar-refractivity contribution in [2.24, 2.45) is 11.8 Å². The highest BCUT2D eigenvalue weighted by Crippen LogP contribution is 2.42. The van der Waals surface area contributed by atoms with Crippen LogP contribution in [0.15, 0.2) is 0 Å². The van der Waals surface area contributed by atoms with E-state index in [2.05, 4.69) is 10.9 Å². The van der Waals surface area contributed by atoms with Crippen LogP contribution in [0.2, 0.25) is 0 Å². The first-order valence-corrected chi connectivity index (χ1v) is 9.93. The number of hydrazine groups is 1. The van der Waals surface area contributed by atoms with Gasteiger partial charge in [-0.2, -0.15) is 13.2 Å². The molecule has 2 aliphatic heterocycles. The fourth-order valence-electron chi connectivity index (χ4n) is 4.51. The molecule has 0 aromatic heterocycles. The summed E-state index contributed by atoms with van der Waals surface area (Å²) in [5.41, 5.74) is 5.28. The van der Waals surface area contributed by atoms with Gasteiger partial charge < -0.3 is 4.90 Å². The van der Waals surface area contributed by atoms with Crippen LogP contribution >= 0.6 is 11.6 Å². The molecule has 2 N–H and O–H groups in total. The summed E-state index contributed by atoms with van der Waals surface area (Å²) in [6.07, 6.45) is -6.23. The molecule has 0 bridgehead atoms. The van der Waals surface area contributed by atoms with Crippen LogP contribution in [-0.4, -0.2) is 77.6 Å². The van der Waals surface area contributed by atoms with E-state index in [0.717, 1.165) is 0 Å². The first-order valence-electron chi connectivity index (χ1n) is 9.50. The number of halogens is 5. The van der Waals surface area contributed by atoms with E-state index >= 15 is 0 Å². The van der Waals surface area contributed by atoms with Gasteiger partial charge in [-0.3, -0.25) is 19.9 Å². The third-order valence-electron chi connectivity index (χ3n) is 6.06. The van der Waals surface area contributed by atoms with E-state index in [9.17, 15) is 27.2 Å². The summed E-state index contributed by atoms with van der Waals surface area (Å²) in [5, 5.41) is -0.829. The fraction of sp³-hybridized carbons (Fsp3) is 0.882. The lowest BCUT2D eigenvalue weighted by molar-refractivity contribution is -0.204. The molecule has 11 heteroatoms. The van der Waals surface area contributed by atoms with Gasteiger partial charge in [0.25, 0.3) is 5.91 Å². The molecule has 1 aliphatic carbocycles. The van der Waals surface area contributed by atoms with E-state index in [4.69, 9.17) is 11.6 Å². The zero-order chi connectivity index (χ0) is 20.6. The predicted octanol–water partition coefficient (Wildman–Crippen LogP) is 1.45. The number of carbonyl (C=O) groups excluding carboxylic acids is 2. The molecule has 6 unspecified atom stereocenters. The van der Waals surface area contributed by atoms with Gasteiger partial charge in [-0.15, -0.1) is 11.6 Å². The van der Waals surface area contributed by atoms with Crippen molar-refractivity contribution < 1.29 is 27.2 Å². The lowest BCUT2D eigenvalue weighted by Gasteiger charge is -2.45. The second-order valence-electron chi connectivity index (χ2n) is 7.94. The van der Waals surface area contributed by atoms with Crippen molar-refractivity contribution in [1.82, 2.24) is 20.7 Å². The predicted molar refractivity (Wildman–Crippen MR) is 94.1 cm³/mol. The van der Waals surface area contributed by atoms with E-state index in [0.29, 0.717) is 6.54 Å². The van der Waals surface area contributed by atoms with Crippen LogP contribution in [0, 0.1) is 11.8 Å². The zero-order valence-electron chi connectivity index (χ0n) is 15.5. The smallest absolute Gasteiger partial charge is 0.340 e. The summed E-state index contributed by atoms with van der Waals surface area (Å²) < 4.78 is 53.4. The topological polar surface area (TPSA) is 64.7 Å². The van der Waals surface area contributed by atoms with Crippen LogP contribution in [0.25, 0.3) is 0 Å². The molecule has 1 saturated carbocycles. The first kappa shape index (κ1) is 21.6. The van der Waals surface area contributed by atoms with Gasteiger partial charge in [0.15, 0.2) is 0 Å². The number of carbonyl (C=O) groups is 2. The maximum absolute atomic E-state index is 13.5. The number of nitrogens with zero attached hydrogens (tertiary/aromatic N) is 2. The van der Waals surface area contributed by atoms with Gasteiger partial charge in [0.1, 0.15) is 11.5 Å². The SMILES string of the molecule is CC1NNC(=O)C(Cl)C1N1CCN(CC2CCC(F)CC2C(F)(F)F)C(=O)C1. The largest absolute Gasteiger partial charge is 0.392 e. The standard InChI is InChI=1S/C17H25ClF4N4O2/c1-9-15(14(18)16(28)24-23-9)26-5-4-25(13(27)8-26)7-10-2-3-11(19)6-12(10)17(20,21)22/h9-12,14-15,23H,2-8H2,1H3,(H,24,28). The van der Waals surface area contributed by atoms with Gasteiger partial charge >= 0.3 is 6.18 Å². The van der Waals surface area contributed by atoms with E-state index in [-0.39, 0.29) is 50.3 Å². The molecule has 2 heterocycles. The molecule has 0 radical (unpaired) electrons. The highest BCUT2D eigenvalue weighted by atomic mass is 35.5. The number of rotatable bonds is 3. The molecular formula is C17H25ClF4N4O2. The van der Waals surface area contributed by atoms with Crippen LogP contribution < -0.4 is 10.9 Å². The minimum atomic E-state index is -4.47. The highest BCUT2D eigenvalue weighted by Gasteiger charge is 2.49. The Bertz CT molecular complexity index is 608. The molecule has 0 spiro atoms. The number of hydrogen-bond acceptors (Lipinski definition) is 4. The van der Waals surface area contributed by atoms with E-state index < -0.39 is 42.0 Å². The molecule has 28 heavy (non-hydrogen) atoms. The Morgan fingerprint density at radius 1 is 1.21 bits per heavy atom. The van der Waals surface area contributed by atoms with E-state index in [1.54, 1.807) is 4.90 Å². The lowest BCUT2D eigenvalue weighted by Crippen LogP contribution is -2.69. The number of piperazine rings is 1. The number of alkyl halides is 5. The molecule has 160 valence electrons. The molecule has 6 nitrogen and oxygen atoms in total. The van der Waals surface area contributed by atoms with Crippen molar-refractivity contribution in [1.29, 1.82) is 0 Å². The van der Waals surface area contributed by atoms with Gasteiger partial charge in [-0.05, 0) is 32.1 Å². The Kier molecular flexibility index (Phi) is 6.41. The van der Waals surface area contributed by atoms with Crippen LogP contribution in [0.4, 0.5) is 17.6 Å². The number of amides is 2. The number of nitrogens with one attached hydrogen (secondary N) is 2. The average Bonchev–Trinajstić information content (AvgIpc) is 2.61. The maximum Gasteiger partial charge on any atom is 0.392 e. The van der Waals surface area contributed by atoms with Crippen LogP contribution in [0.1, 0.15) is 26.2 Å². The Balaban J connectivity index is 1.62. The summed E-state index contributed by atoms with van der Waals surface area (Å²) in [6.45, 7) is 2.47. The Labute approximate surface area is 165 Å². The Hall–Kier alpha value is -1.13. The monoisotopic (exact) mass is 428 g/mol. The van der Waals surface area contributed by atoms with Gasteiger partial charge in [-0.1, -0.05) is 0 Å². The molecule has 3 fully saturated rings. The molecular weight excluding hydrogens is 404 g/mol. The minimum Gasteiger partial charge on any atom is -0.340 e. The Morgan fingerprint density at radius 3 is 2.57 bits per heavy atom. The number of hydrogen-bond donors (Lipinski definition) is 2. The quantitative estimate of drug-likeness (QED) is 0.527. The normalized spacial score (nSPS) is 38.4. The summed E-state index contributed by atoms with van der Waals surface area (Å²) in [6, 6.07) is -0.583. The van der Waals surface area contributed by atoms with Crippen LogP contribution in [0.3, 0.4) is 0 Å². The van der Waals surface area contributed by atoms with Crippen LogP contribution in [0.5, 0.6) is 0 Å². The van der Waals surface area contributed by atoms with Crippen molar-refractivity contribution in [3.8, 4) is 0 Å². The highest BCUT2D eigenvalue weighted by molar-refractivity contribution is 6.31. The average molecular weight is 429 g/mol. The second-order valence-corrected chi connectivity index (χ2v) is 8.41. The third kappa shape index (κ3) is 4.54. The van der Waals surface area contributed by atoms with Gasteiger partial charge in [-0.25, -0.2) is 9.82 Å². The lowest BCUT2D eigenvalue weighted by atomic mass is 9.77. The first-order chi connectivity index (χ1) is 13.1.